The predicted octanol–water partition coefficient (Wildman–Crippen LogP) is -0.749. The molecular formula is C6H14N2O4S. The van der Waals surface area contributed by atoms with E-state index < -0.39 is 21.8 Å². The summed E-state index contributed by atoms with van der Waals surface area (Å²) < 4.78 is 24.4. The van der Waals surface area contributed by atoms with Crippen molar-refractivity contribution in [1.29, 1.82) is 0 Å². The van der Waals surface area contributed by atoms with Crippen molar-refractivity contribution in [3.63, 3.8) is 0 Å². The molecule has 7 heteroatoms. The normalized spacial score (nSPS) is 12.6. The summed E-state index contributed by atoms with van der Waals surface area (Å²) in [4.78, 5) is 10.8. The van der Waals surface area contributed by atoms with Crippen LogP contribution in [0.2, 0.25) is 0 Å². The van der Waals surface area contributed by atoms with E-state index in [-0.39, 0.29) is 6.42 Å². The molecule has 0 atom stereocenters. The standard InChI is InChI=1S/C6H14N2O4S/c1-6(2,7)4-3-5(9)12-13(8,10)11/h3-4,7H2,1-2H3,(H2,8,10,11). The van der Waals surface area contributed by atoms with E-state index in [4.69, 9.17) is 5.73 Å². The summed E-state index contributed by atoms with van der Waals surface area (Å²) in [6.45, 7) is 3.44. The van der Waals surface area contributed by atoms with Crippen LogP contribution in [-0.4, -0.2) is 19.9 Å². The molecule has 0 saturated carbocycles. The van der Waals surface area contributed by atoms with Gasteiger partial charge in [-0.1, -0.05) is 0 Å². The first kappa shape index (κ1) is 12.3. The Kier molecular flexibility index (Phi) is 3.83. The number of carbonyl (C=O) groups is 1. The molecular weight excluding hydrogens is 196 g/mol. The molecule has 0 unspecified atom stereocenters. The molecule has 0 fully saturated rings. The zero-order valence-electron chi connectivity index (χ0n) is 7.61. The highest BCUT2D eigenvalue weighted by molar-refractivity contribution is 7.84. The Morgan fingerprint density at radius 3 is 2.23 bits per heavy atom. The average Bonchev–Trinajstić information content (AvgIpc) is 1.78. The van der Waals surface area contributed by atoms with E-state index in [2.05, 4.69) is 9.32 Å². The van der Waals surface area contributed by atoms with E-state index in [0.717, 1.165) is 0 Å². The molecule has 0 aromatic rings. The fraction of sp³-hybridized carbons (Fsp3) is 0.833. The third kappa shape index (κ3) is 9.25. The molecule has 6 nitrogen and oxygen atoms in total. The fourth-order valence-electron chi connectivity index (χ4n) is 0.595. The van der Waals surface area contributed by atoms with Gasteiger partial charge in [0.25, 0.3) is 0 Å². The molecule has 78 valence electrons. The summed E-state index contributed by atoms with van der Waals surface area (Å²) in [5, 5.41) is 4.47. The average molecular weight is 210 g/mol. The van der Waals surface area contributed by atoms with Crippen LogP contribution in [0, 0.1) is 0 Å². The largest absolute Gasteiger partial charge is 0.382 e. The fourth-order valence-corrected chi connectivity index (χ4v) is 0.938. The summed E-state index contributed by atoms with van der Waals surface area (Å²) in [5.41, 5.74) is 5.03. The smallest absolute Gasteiger partial charge is 0.334 e. The summed E-state index contributed by atoms with van der Waals surface area (Å²) in [5.74, 6) is -0.888. The minimum absolute atomic E-state index is 0.0695. The molecule has 0 saturated heterocycles. The van der Waals surface area contributed by atoms with Gasteiger partial charge >= 0.3 is 16.3 Å². The Bertz CT molecular complexity index is 277. The lowest BCUT2D eigenvalue weighted by atomic mass is 10.0. The van der Waals surface area contributed by atoms with Gasteiger partial charge in [-0.15, -0.1) is 0 Å². The maximum Gasteiger partial charge on any atom is 0.382 e. The molecule has 0 aromatic heterocycles. The van der Waals surface area contributed by atoms with E-state index in [0.29, 0.717) is 6.42 Å². The first-order valence-electron chi connectivity index (χ1n) is 3.64. The van der Waals surface area contributed by atoms with Gasteiger partial charge in [-0.05, 0) is 20.3 Å². The van der Waals surface area contributed by atoms with E-state index in [1.54, 1.807) is 13.8 Å². The second-order valence-corrected chi connectivity index (χ2v) is 4.59. The molecule has 0 bridgehead atoms. The number of nitrogens with two attached hydrogens (primary N) is 2. The Morgan fingerprint density at radius 2 is 1.92 bits per heavy atom. The van der Waals surface area contributed by atoms with Crippen molar-refractivity contribution in [3.05, 3.63) is 0 Å². The van der Waals surface area contributed by atoms with Crippen LogP contribution < -0.4 is 10.9 Å². The van der Waals surface area contributed by atoms with E-state index in [9.17, 15) is 13.2 Å². The molecule has 0 rings (SSSR count). The highest BCUT2D eigenvalue weighted by atomic mass is 32.2. The molecule has 0 aliphatic carbocycles. The van der Waals surface area contributed by atoms with Crippen molar-refractivity contribution >= 4 is 16.3 Å². The van der Waals surface area contributed by atoms with Gasteiger partial charge in [0.2, 0.25) is 0 Å². The van der Waals surface area contributed by atoms with Crippen LogP contribution in [0.5, 0.6) is 0 Å². The van der Waals surface area contributed by atoms with Crippen molar-refractivity contribution in [2.45, 2.75) is 32.2 Å². The van der Waals surface area contributed by atoms with Gasteiger partial charge in [0.1, 0.15) is 0 Å². The summed E-state index contributed by atoms with van der Waals surface area (Å²) in [7, 11) is -4.18. The first-order valence-corrected chi connectivity index (χ1v) is 5.11. The van der Waals surface area contributed by atoms with Gasteiger partial charge in [-0.3, -0.25) is 4.79 Å². The van der Waals surface area contributed by atoms with E-state index >= 15 is 0 Å². The van der Waals surface area contributed by atoms with Crippen molar-refractivity contribution in [2.24, 2.45) is 10.9 Å². The Labute approximate surface area is 77.5 Å². The minimum Gasteiger partial charge on any atom is -0.334 e. The van der Waals surface area contributed by atoms with Gasteiger partial charge in [-0.25, -0.2) is 0 Å². The highest BCUT2D eigenvalue weighted by Gasteiger charge is 2.16. The maximum absolute atomic E-state index is 10.8. The highest BCUT2D eigenvalue weighted by Crippen LogP contribution is 2.07. The van der Waals surface area contributed by atoms with Crippen LogP contribution in [-0.2, 0) is 19.3 Å². The topological polar surface area (TPSA) is 112 Å². The van der Waals surface area contributed by atoms with Gasteiger partial charge in [0, 0.05) is 12.0 Å². The van der Waals surface area contributed by atoms with Crippen LogP contribution >= 0.6 is 0 Å². The molecule has 0 amide bonds. The SMILES string of the molecule is CC(C)(N)CCC(=O)OS(N)(=O)=O. The number of rotatable bonds is 4. The van der Waals surface area contributed by atoms with Gasteiger partial charge < -0.3 is 9.92 Å². The zero-order chi connectivity index (χ0) is 10.7. The van der Waals surface area contributed by atoms with E-state index in [1.807, 2.05) is 0 Å². The van der Waals surface area contributed by atoms with Crippen LogP contribution in [0.15, 0.2) is 0 Å². The molecule has 0 radical (unpaired) electrons. The molecule has 0 aliphatic heterocycles. The molecule has 0 aromatic carbocycles. The van der Waals surface area contributed by atoms with Crippen LogP contribution in [0.25, 0.3) is 0 Å². The zero-order valence-corrected chi connectivity index (χ0v) is 8.43. The number of carbonyl (C=O) groups excluding carboxylic acids is 1. The first-order chi connectivity index (χ1) is 5.60. The quantitative estimate of drug-likeness (QED) is 0.634. The molecule has 0 spiro atoms. The van der Waals surface area contributed by atoms with Crippen LogP contribution in [0.4, 0.5) is 0 Å². The third-order valence-corrected chi connectivity index (χ3v) is 1.60. The number of hydrogen-bond donors (Lipinski definition) is 2. The lowest BCUT2D eigenvalue weighted by Gasteiger charge is -2.16. The van der Waals surface area contributed by atoms with Crippen LogP contribution in [0.1, 0.15) is 26.7 Å². The van der Waals surface area contributed by atoms with Gasteiger partial charge in [0.15, 0.2) is 0 Å². The predicted molar refractivity (Wildman–Crippen MR) is 46.7 cm³/mol. The number of hydrogen-bond acceptors (Lipinski definition) is 5. The minimum atomic E-state index is -4.18. The Hall–Kier alpha value is -0.660. The van der Waals surface area contributed by atoms with E-state index in [1.165, 1.54) is 0 Å². The van der Waals surface area contributed by atoms with Crippen molar-refractivity contribution in [1.82, 2.24) is 0 Å². The summed E-state index contributed by atoms with van der Waals surface area (Å²) in [6.07, 6.45) is 0.265. The second kappa shape index (κ2) is 4.03. The maximum atomic E-state index is 10.8. The lowest BCUT2D eigenvalue weighted by molar-refractivity contribution is -0.134. The summed E-state index contributed by atoms with van der Waals surface area (Å²) in [6, 6.07) is 0. The van der Waals surface area contributed by atoms with Gasteiger partial charge in [-0.2, -0.15) is 13.6 Å². The second-order valence-electron chi connectivity index (χ2n) is 3.44. The van der Waals surface area contributed by atoms with Crippen molar-refractivity contribution in [3.8, 4) is 0 Å². The summed E-state index contributed by atoms with van der Waals surface area (Å²) >= 11 is 0. The van der Waals surface area contributed by atoms with Crippen molar-refractivity contribution in [2.75, 3.05) is 0 Å². The molecule has 4 N–H and O–H groups in total. The molecule has 0 heterocycles. The molecule has 0 aliphatic rings. The monoisotopic (exact) mass is 210 g/mol. The van der Waals surface area contributed by atoms with Gasteiger partial charge in [0.05, 0.1) is 0 Å². The Balaban J connectivity index is 3.92. The van der Waals surface area contributed by atoms with Crippen LogP contribution in [0.3, 0.4) is 0 Å². The lowest BCUT2D eigenvalue weighted by Crippen LogP contribution is -2.33. The van der Waals surface area contributed by atoms with Crippen molar-refractivity contribution < 1.29 is 17.4 Å². The Morgan fingerprint density at radius 1 is 1.46 bits per heavy atom. The molecule has 13 heavy (non-hydrogen) atoms. The third-order valence-electron chi connectivity index (χ3n) is 1.18.